The molecule has 1 aromatic rings. The first-order valence-electron chi connectivity index (χ1n) is 7.95. The molecule has 0 radical (unpaired) electrons. The fourth-order valence-electron chi connectivity index (χ4n) is 3.17. The van der Waals surface area contributed by atoms with Crippen LogP contribution >= 0.6 is 0 Å². The van der Waals surface area contributed by atoms with E-state index in [9.17, 15) is 4.79 Å². The largest absolute Gasteiger partial charge is 0.397 e. The molecule has 0 saturated heterocycles. The fourth-order valence-corrected chi connectivity index (χ4v) is 3.17. The van der Waals surface area contributed by atoms with E-state index in [0.29, 0.717) is 16.8 Å². The Balaban J connectivity index is 1.89. The highest BCUT2D eigenvalue weighted by atomic mass is 16.1. The van der Waals surface area contributed by atoms with Crippen LogP contribution in [0.2, 0.25) is 0 Å². The normalized spacial score (nSPS) is 22.8. The first-order chi connectivity index (χ1) is 9.94. The summed E-state index contributed by atoms with van der Waals surface area (Å²) in [7, 11) is 0. The molecule has 4 heteroatoms. The monoisotopic (exact) mass is 289 g/mol. The van der Waals surface area contributed by atoms with Gasteiger partial charge in [0, 0.05) is 12.2 Å². The van der Waals surface area contributed by atoms with Crippen LogP contribution in [0, 0.1) is 11.3 Å². The number of aromatic nitrogens is 1. The summed E-state index contributed by atoms with van der Waals surface area (Å²) >= 11 is 0. The number of rotatable bonds is 4. The van der Waals surface area contributed by atoms with Crippen molar-refractivity contribution in [3.8, 4) is 0 Å². The molecule has 0 atom stereocenters. The predicted molar refractivity (Wildman–Crippen MR) is 85.9 cm³/mol. The van der Waals surface area contributed by atoms with E-state index in [0.717, 1.165) is 18.8 Å². The molecule has 0 unspecified atom stereocenters. The lowest BCUT2D eigenvalue weighted by Crippen LogP contribution is -2.40. The third kappa shape index (κ3) is 3.74. The zero-order chi connectivity index (χ0) is 15.5. The van der Waals surface area contributed by atoms with E-state index in [1.54, 1.807) is 18.3 Å². The Morgan fingerprint density at radius 3 is 2.62 bits per heavy atom. The molecule has 1 saturated carbocycles. The molecule has 4 nitrogen and oxygen atoms in total. The number of nitrogens with two attached hydrogens (primary N) is 1. The van der Waals surface area contributed by atoms with Crippen LogP contribution in [0.25, 0.3) is 0 Å². The maximum absolute atomic E-state index is 12.2. The molecule has 1 fully saturated rings. The third-order valence-corrected chi connectivity index (χ3v) is 5.13. The number of nitrogens with one attached hydrogen (secondary N) is 1. The average Bonchev–Trinajstić information content (AvgIpc) is 2.48. The number of pyridine rings is 1. The molecular weight excluding hydrogens is 262 g/mol. The smallest absolute Gasteiger partial charge is 0.272 e. The van der Waals surface area contributed by atoms with Gasteiger partial charge in [-0.2, -0.15) is 0 Å². The van der Waals surface area contributed by atoms with Gasteiger partial charge in [-0.05, 0) is 49.1 Å². The van der Waals surface area contributed by atoms with E-state index in [1.165, 1.54) is 19.3 Å². The summed E-state index contributed by atoms with van der Waals surface area (Å²) in [5, 5.41) is 3.08. The van der Waals surface area contributed by atoms with Crippen LogP contribution in [0.15, 0.2) is 18.3 Å². The summed E-state index contributed by atoms with van der Waals surface area (Å²) in [6.45, 7) is 6.97. The first-order valence-corrected chi connectivity index (χ1v) is 7.95. The van der Waals surface area contributed by atoms with E-state index >= 15 is 0 Å². The zero-order valence-corrected chi connectivity index (χ0v) is 13.4. The molecule has 0 aliphatic heterocycles. The Labute approximate surface area is 127 Å². The van der Waals surface area contributed by atoms with Gasteiger partial charge in [-0.1, -0.05) is 27.2 Å². The second kappa shape index (κ2) is 6.46. The molecule has 0 spiro atoms. The van der Waals surface area contributed by atoms with Crippen molar-refractivity contribution in [3.05, 3.63) is 24.0 Å². The van der Waals surface area contributed by atoms with Gasteiger partial charge in [0.2, 0.25) is 0 Å². The quantitative estimate of drug-likeness (QED) is 0.892. The van der Waals surface area contributed by atoms with E-state index in [1.807, 2.05) is 0 Å². The SMILES string of the molecule is CCC(C)(C)C1CCC(NC(=O)c2ncccc2N)CC1. The summed E-state index contributed by atoms with van der Waals surface area (Å²) in [6, 6.07) is 3.70. The Morgan fingerprint density at radius 1 is 1.38 bits per heavy atom. The lowest BCUT2D eigenvalue weighted by molar-refractivity contribution is 0.0889. The number of nitrogen functional groups attached to an aromatic ring is 1. The van der Waals surface area contributed by atoms with Gasteiger partial charge in [-0.15, -0.1) is 0 Å². The third-order valence-electron chi connectivity index (χ3n) is 5.13. The molecular formula is C17H27N3O. The van der Waals surface area contributed by atoms with Gasteiger partial charge >= 0.3 is 0 Å². The summed E-state index contributed by atoms with van der Waals surface area (Å²) in [4.78, 5) is 16.3. The van der Waals surface area contributed by atoms with Gasteiger partial charge in [0.05, 0.1) is 5.69 Å². The van der Waals surface area contributed by atoms with E-state index in [2.05, 4.69) is 31.1 Å². The van der Waals surface area contributed by atoms with Gasteiger partial charge in [0.15, 0.2) is 5.69 Å². The van der Waals surface area contributed by atoms with Crippen LogP contribution < -0.4 is 11.1 Å². The Hall–Kier alpha value is -1.58. The first kappa shape index (κ1) is 15.8. The summed E-state index contributed by atoms with van der Waals surface area (Å²) in [5.74, 6) is 0.613. The minimum atomic E-state index is -0.147. The number of anilines is 1. The topological polar surface area (TPSA) is 68.0 Å². The maximum Gasteiger partial charge on any atom is 0.272 e. The Morgan fingerprint density at radius 2 is 2.05 bits per heavy atom. The maximum atomic E-state index is 12.2. The summed E-state index contributed by atoms with van der Waals surface area (Å²) < 4.78 is 0. The van der Waals surface area contributed by atoms with Crippen LogP contribution in [0.5, 0.6) is 0 Å². The molecule has 1 heterocycles. The molecule has 1 aliphatic carbocycles. The van der Waals surface area contributed by atoms with E-state index in [4.69, 9.17) is 5.73 Å². The van der Waals surface area contributed by atoms with Crippen LogP contribution in [0.1, 0.15) is 63.4 Å². The second-order valence-electron chi connectivity index (χ2n) is 6.81. The van der Waals surface area contributed by atoms with Crippen LogP contribution in [-0.2, 0) is 0 Å². The highest BCUT2D eigenvalue weighted by Crippen LogP contribution is 2.40. The number of hydrogen-bond donors (Lipinski definition) is 2. The molecule has 0 bridgehead atoms. The summed E-state index contributed by atoms with van der Waals surface area (Å²) in [6.07, 6.45) is 7.28. The van der Waals surface area contributed by atoms with Crippen molar-refractivity contribution in [1.29, 1.82) is 0 Å². The van der Waals surface area contributed by atoms with Gasteiger partial charge in [-0.3, -0.25) is 4.79 Å². The standard InChI is InChI=1S/C17H27N3O/c1-4-17(2,3)12-7-9-13(10-8-12)20-16(21)15-14(18)6-5-11-19-15/h5-6,11-13H,4,7-10,18H2,1-3H3,(H,20,21). The lowest BCUT2D eigenvalue weighted by atomic mass is 9.69. The van der Waals surface area contributed by atoms with Crippen molar-refractivity contribution in [2.45, 2.75) is 58.9 Å². The molecule has 1 aromatic heterocycles. The van der Waals surface area contributed by atoms with Crippen LogP contribution in [0.4, 0.5) is 5.69 Å². The van der Waals surface area contributed by atoms with Crippen molar-refractivity contribution < 1.29 is 4.79 Å². The predicted octanol–water partition coefficient (Wildman–Crippen LogP) is 3.39. The minimum absolute atomic E-state index is 0.147. The molecule has 116 valence electrons. The zero-order valence-electron chi connectivity index (χ0n) is 13.4. The molecule has 1 amide bonds. The van der Waals surface area contributed by atoms with Crippen LogP contribution in [-0.4, -0.2) is 16.9 Å². The average molecular weight is 289 g/mol. The van der Waals surface area contributed by atoms with E-state index in [-0.39, 0.29) is 11.9 Å². The molecule has 0 aromatic carbocycles. The highest BCUT2D eigenvalue weighted by Gasteiger charge is 2.32. The van der Waals surface area contributed by atoms with Crippen molar-refractivity contribution in [3.63, 3.8) is 0 Å². The lowest BCUT2D eigenvalue weighted by Gasteiger charge is -2.39. The number of nitrogens with zero attached hydrogens (tertiary/aromatic N) is 1. The highest BCUT2D eigenvalue weighted by molar-refractivity contribution is 5.97. The van der Waals surface area contributed by atoms with Crippen LogP contribution in [0.3, 0.4) is 0 Å². The number of hydrogen-bond acceptors (Lipinski definition) is 3. The Kier molecular flexibility index (Phi) is 4.86. The van der Waals surface area contributed by atoms with E-state index < -0.39 is 0 Å². The Bertz CT molecular complexity index is 491. The summed E-state index contributed by atoms with van der Waals surface area (Å²) in [5.41, 5.74) is 6.99. The number of carbonyl (C=O) groups excluding carboxylic acids is 1. The molecule has 2 rings (SSSR count). The van der Waals surface area contributed by atoms with Gasteiger partial charge < -0.3 is 11.1 Å². The fraction of sp³-hybridized carbons (Fsp3) is 0.647. The molecule has 3 N–H and O–H groups in total. The molecule has 21 heavy (non-hydrogen) atoms. The van der Waals surface area contributed by atoms with Crippen molar-refractivity contribution in [2.24, 2.45) is 11.3 Å². The van der Waals surface area contributed by atoms with Crippen molar-refractivity contribution in [1.82, 2.24) is 10.3 Å². The van der Waals surface area contributed by atoms with Gasteiger partial charge in [0.25, 0.3) is 5.91 Å². The number of amides is 1. The molecule has 1 aliphatic rings. The number of carbonyl (C=O) groups is 1. The van der Waals surface area contributed by atoms with Crippen molar-refractivity contribution in [2.75, 3.05) is 5.73 Å². The van der Waals surface area contributed by atoms with Gasteiger partial charge in [-0.25, -0.2) is 4.98 Å². The van der Waals surface area contributed by atoms with Gasteiger partial charge in [0.1, 0.15) is 0 Å². The minimum Gasteiger partial charge on any atom is -0.397 e. The van der Waals surface area contributed by atoms with Crippen molar-refractivity contribution >= 4 is 11.6 Å². The second-order valence-corrected chi connectivity index (χ2v) is 6.81.